The number of fused-ring (bicyclic) bond motifs is 5. The molecule has 2 amide bonds. The van der Waals surface area contributed by atoms with E-state index in [1.54, 1.807) is 4.90 Å². The normalized spacial score (nSPS) is 25.1. The lowest BCUT2D eigenvalue weighted by Gasteiger charge is -2.51. The molecule has 0 unspecified atom stereocenters. The van der Waals surface area contributed by atoms with E-state index in [1.165, 1.54) is 0 Å². The SMILES string of the molecule is C[C@]12C(=O)N(CCN3CCOCC3)CC(=O)N1C[C@@H](c1ccc(Br)cc1)c1c2[nH]c2ccccc12. The first-order chi connectivity index (χ1) is 17.0. The highest BCUT2D eigenvalue weighted by molar-refractivity contribution is 9.10. The number of morpholine rings is 1. The fourth-order valence-electron chi connectivity index (χ4n) is 5.94. The Kier molecular flexibility index (Phi) is 5.70. The van der Waals surface area contributed by atoms with Crippen molar-refractivity contribution in [2.45, 2.75) is 18.4 Å². The van der Waals surface area contributed by atoms with Gasteiger partial charge in [-0.25, -0.2) is 0 Å². The highest BCUT2D eigenvalue weighted by Crippen LogP contribution is 2.48. The molecule has 1 aromatic heterocycles. The van der Waals surface area contributed by atoms with Crippen LogP contribution in [-0.4, -0.2) is 84.0 Å². The molecule has 6 rings (SSSR count). The summed E-state index contributed by atoms with van der Waals surface area (Å²) in [7, 11) is 0. The summed E-state index contributed by atoms with van der Waals surface area (Å²) < 4.78 is 6.46. The van der Waals surface area contributed by atoms with Gasteiger partial charge in [-0.2, -0.15) is 0 Å². The molecule has 8 heteroatoms. The summed E-state index contributed by atoms with van der Waals surface area (Å²) in [4.78, 5) is 37.1. The molecule has 0 radical (unpaired) electrons. The Labute approximate surface area is 213 Å². The molecule has 0 bridgehead atoms. The number of hydrogen-bond acceptors (Lipinski definition) is 4. The number of ether oxygens (including phenoxy) is 1. The van der Waals surface area contributed by atoms with Gasteiger partial charge in [0.2, 0.25) is 5.91 Å². The van der Waals surface area contributed by atoms with Crippen LogP contribution in [0.15, 0.2) is 53.0 Å². The molecule has 3 aliphatic heterocycles. The number of rotatable bonds is 4. The topological polar surface area (TPSA) is 68.9 Å². The van der Waals surface area contributed by atoms with E-state index < -0.39 is 5.54 Å². The smallest absolute Gasteiger partial charge is 0.254 e. The third kappa shape index (κ3) is 3.70. The van der Waals surface area contributed by atoms with Crippen molar-refractivity contribution in [3.8, 4) is 0 Å². The number of para-hydroxylation sites is 1. The first kappa shape index (κ1) is 22.8. The predicted octanol–water partition coefficient (Wildman–Crippen LogP) is 3.29. The standard InChI is InChI=1S/C27H29BrN4O3/c1-27-25-24(20-4-2-3-5-22(20)29-25)21(18-6-8-19(28)9-7-18)16-32(27)23(33)17-31(26(27)34)11-10-30-12-14-35-15-13-30/h2-9,21,29H,10-17H2,1H3/t21-,27-/m0/s1. The van der Waals surface area contributed by atoms with E-state index in [1.807, 2.05) is 42.2 Å². The molecular weight excluding hydrogens is 508 g/mol. The van der Waals surface area contributed by atoms with Crippen LogP contribution < -0.4 is 0 Å². The van der Waals surface area contributed by atoms with Gasteiger partial charge in [0.05, 0.1) is 25.5 Å². The number of aromatic nitrogens is 1. The van der Waals surface area contributed by atoms with E-state index in [9.17, 15) is 9.59 Å². The number of hydrogen-bond donors (Lipinski definition) is 1. The van der Waals surface area contributed by atoms with Crippen molar-refractivity contribution in [1.82, 2.24) is 19.7 Å². The zero-order valence-electron chi connectivity index (χ0n) is 19.8. The molecule has 0 spiro atoms. The summed E-state index contributed by atoms with van der Waals surface area (Å²) in [6.45, 7) is 6.97. The molecule has 35 heavy (non-hydrogen) atoms. The molecular formula is C27H29BrN4O3. The van der Waals surface area contributed by atoms with E-state index >= 15 is 0 Å². The Bertz CT molecular complexity index is 1280. The van der Waals surface area contributed by atoms with Crippen LogP contribution in [0.25, 0.3) is 10.9 Å². The van der Waals surface area contributed by atoms with Crippen LogP contribution in [-0.2, 0) is 19.9 Å². The fraction of sp³-hybridized carbons (Fsp3) is 0.407. The third-order valence-corrected chi connectivity index (χ3v) is 8.41. The van der Waals surface area contributed by atoms with Crippen molar-refractivity contribution in [2.24, 2.45) is 0 Å². The van der Waals surface area contributed by atoms with Gasteiger partial charge >= 0.3 is 0 Å². The molecule has 0 saturated carbocycles. The molecule has 3 aromatic rings. The second kappa shape index (κ2) is 8.76. The Hall–Kier alpha value is -2.68. The Morgan fingerprint density at radius 1 is 1.06 bits per heavy atom. The average molecular weight is 537 g/mol. The number of piperazine rings is 1. The van der Waals surface area contributed by atoms with Gasteiger partial charge in [-0.15, -0.1) is 0 Å². The van der Waals surface area contributed by atoms with Crippen LogP contribution in [0.5, 0.6) is 0 Å². The Morgan fingerprint density at radius 3 is 2.57 bits per heavy atom. The number of benzene rings is 2. The highest BCUT2D eigenvalue weighted by Gasteiger charge is 2.56. The van der Waals surface area contributed by atoms with E-state index in [0.717, 1.165) is 51.8 Å². The van der Waals surface area contributed by atoms with E-state index in [0.29, 0.717) is 26.3 Å². The second-order valence-electron chi connectivity index (χ2n) is 9.82. The number of aromatic amines is 1. The molecule has 182 valence electrons. The number of carbonyl (C=O) groups is 2. The monoisotopic (exact) mass is 536 g/mol. The lowest BCUT2D eigenvalue weighted by atomic mass is 9.76. The molecule has 2 saturated heterocycles. The molecule has 2 atom stereocenters. The minimum atomic E-state index is -1.06. The largest absolute Gasteiger partial charge is 0.379 e. The fourth-order valence-corrected chi connectivity index (χ4v) is 6.20. The predicted molar refractivity (Wildman–Crippen MR) is 137 cm³/mol. The lowest BCUT2D eigenvalue weighted by Crippen LogP contribution is -2.68. The van der Waals surface area contributed by atoms with Gasteiger partial charge in [0.15, 0.2) is 5.54 Å². The molecule has 0 aliphatic carbocycles. The van der Waals surface area contributed by atoms with Crippen LogP contribution in [0.1, 0.15) is 29.7 Å². The van der Waals surface area contributed by atoms with Crippen LogP contribution in [0, 0.1) is 0 Å². The second-order valence-corrected chi connectivity index (χ2v) is 10.7. The zero-order valence-corrected chi connectivity index (χ0v) is 21.4. The molecule has 4 heterocycles. The lowest BCUT2D eigenvalue weighted by molar-refractivity contribution is -0.166. The van der Waals surface area contributed by atoms with E-state index in [4.69, 9.17) is 4.74 Å². The van der Waals surface area contributed by atoms with Crippen molar-refractivity contribution in [2.75, 3.05) is 52.5 Å². The first-order valence-corrected chi connectivity index (χ1v) is 13.0. The summed E-state index contributed by atoms with van der Waals surface area (Å²) in [5.41, 5.74) is 3.04. The van der Waals surface area contributed by atoms with Gasteiger partial charge in [-0.1, -0.05) is 46.3 Å². The molecule has 2 aromatic carbocycles. The molecule has 3 aliphatic rings. The number of halogens is 1. The zero-order chi connectivity index (χ0) is 24.2. The molecule has 1 N–H and O–H groups in total. The Morgan fingerprint density at radius 2 is 1.80 bits per heavy atom. The van der Waals surface area contributed by atoms with Crippen molar-refractivity contribution in [3.63, 3.8) is 0 Å². The van der Waals surface area contributed by atoms with Gasteiger partial charge in [-0.3, -0.25) is 14.5 Å². The van der Waals surface area contributed by atoms with E-state index in [2.05, 4.69) is 44.0 Å². The van der Waals surface area contributed by atoms with Crippen molar-refractivity contribution >= 4 is 38.6 Å². The quantitative estimate of drug-likeness (QED) is 0.555. The molecule has 2 fully saturated rings. The number of H-pyrrole nitrogens is 1. The van der Waals surface area contributed by atoms with Crippen LogP contribution >= 0.6 is 15.9 Å². The van der Waals surface area contributed by atoms with Crippen molar-refractivity contribution in [1.29, 1.82) is 0 Å². The maximum Gasteiger partial charge on any atom is 0.254 e. The van der Waals surface area contributed by atoms with Gasteiger partial charge in [-0.05, 0) is 36.2 Å². The number of nitrogens with zero attached hydrogens (tertiary/aromatic N) is 3. The van der Waals surface area contributed by atoms with Crippen molar-refractivity contribution < 1.29 is 14.3 Å². The van der Waals surface area contributed by atoms with E-state index in [-0.39, 0.29) is 24.3 Å². The van der Waals surface area contributed by atoms with Crippen molar-refractivity contribution in [3.05, 3.63) is 69.8 Å². The molecule has 7 nitrogen and oxygen atoms in total. The summed E-state index contributed by atoms with van der Waals surface area (Å²) in [5.74, 6) is -0.0214. The number of amides is 2. The minimum absolute atomic E-state index is 0.000459. The van der Waals surface area contributed by atoms with Gasteiger partial charge in [0, 0.05) is 54.0 Å². The first-order valence-electron chi connectivity index (χ1n) is 12.2. The summed E-state index contributed by atoms with van der Waals surface area (Å²) in [5, 5.41) is 1.11. The maximum absolute atomic E-state index is 14.1. The summed E-state index contributed by atoms with van der Waals surface area (Å²) >= 11 is 3.53. The van der Waals surface area contributed by atoms with Gasteiger partial charge in [0.25, 0.3) is 5.91 Å². The maximum atomic E-state index is 14.1. The van der Waals surface area contributed by atoms with Crippen LogP contribution in [0.3, 0.4) is 0 Å². The minimum Gasteiger partial charge on any atom is -0.379 e. The van der Waals surface area contributed by atoms with Crippen LogP contribution in [0.2, 0.25) is 0 Å². The third-order valence-electron chi connectivity index (χ3n) is 7.88. The highest BCUT2D eigenvalue weighted by atomic mass is 79.9. The van der Waals surface area contributed by atoms with Crippen LogP contribution in [0.4, 0.5) is 0 Å². The number of nitrogens with one attached hydrogen (secondary N) is 1. The Balaban J connectivity index is 1.42. The average Bonchev–Trinajstić information content (AvgIpc) is 3.28. The van der Waals surface area contributed by atoms with Gasteiger partial charge in [0.1, 0.15) is 0 Å². The summed E-state index contributed by atoms with van der Waals surface area (Å²) in [6.07, 6.45) is 0. The summed E-state index contributed by atoms with van der Waals surface area (Å²) in [6, 6.07) is 16.5. The number of carbonyl (C=O) groups excluding carboxylic acids is 2. The van der Waals surface area contributed by atoms with Gasteiger partial charge < -0.3 is 19.5 Å².